The van der Waals surface area contributed by atoms with Crippen molar-refractivity contribution in [2.45, 2.75) is 19.8 Å². The van der Waals surface area contributed by atoms with Gasteiger partial charge in [0, 0.05) is 26.7 Å². The van der Waals surface area contributed by atoms with E-state index < -0.39 is 0 Å². The van der Waals surface area contributed by atoms with Crippen molar-refractivity contribution in [1.29, 1.82) is 0 Å². The Labute approximate surface area is 134 Å². The molecule has 0 saturated carbocycles. The summed E-state index contributed by atoms with van der Waals surface area (Å²) in [5, 5.41) is 15.6. The Hall–Kier alpha value is -2.22. The van der Waals surface area contributed by atoms with Gasteiger partial charge in [-0.05, 0) is 31.9 Å². The number of rotatable bonds is 5. The normalized spacial score (nSPS) is 18.3. The number of ether oxygens (including phenoxy) is 1. The first-order chi connectivity index (χ1) is 11.2. The maximum absolute atomic E-state index is 12.2. The van der Waals surface area contributed by atoms with Crippen LogP contribution in [0.2, 0.25) is 0 Å². The van der Waals surface area contributed by atoms with Gasteiger partial charge in [0.05, 0.1) is 12.5 Å². The van der Waals surface area contributed by atoms with E-state index in [1.165, 1.54) is 0 Å². The van der Waals surface area contributed by atoms with E-state index in [4.69, 9.17) is 4.74 Å². The van der Waals surface area contributed by atoms with Gasteiger partial charge in [0.25, 0.3) is 0 Å². The van der Waals surface area contributed by atoms with Gasteiger partial charge in [0.15, 0.2) is 11.5 Å². The van der Waals surface area contributed by atoms with Crippen molar-refractivity contribution in [1.82, 2.24) is 25.1 Å². The number of aryl methyl sites for hydroxylation is 1. The van der Waals surface area contributed by atoms with Gasteiger partial charge in [-0.15, -0.1) is 15.3 Å². The Kier molecular flexibility index (Phi) is 4.71. The van der Waals surface area contributed by atoms with Crippen LogP contribution in [0, 0.1) is 12.8 Å². The monoisotopic (exact) mass is 318 g/mol. The molecular formula is C15H22N6O2. The van der Waals surface area contributed by atoms with E-state index in [0.717, 1.165) is 36.7 Å². The number of nitrogens with zero attached hydrogens (tertiary/aromatic N) is 5. The molecule has 1 amide bonds. The predicted octanol–water partition coefficient (Wildman–Crippen LogP) is 0.412. The van der Waals surface area contributed by atoms with Crippen molar-refractivity contribution in [3.8, 4) is 0 Å². The van der Waals surface area contributed by atoms with Gasteiger partial charge >= 0.3 is 0 Å². The first-order valence-electron chi connectivity index (χ1n) is 7.89. The van der Waals surface area contributed by atoms with Crippen LogP contribution in [0.1, 0.15) is 18.7 Å². The number of aromatic nitrogens is 4. The quantitative estimate of drug-likeness (QED) is 0.804. The second-order valence-electron chi connectivity index (χ2n) is 5.78. The lowest BCUT2D eigenvalue weighted by Crippen LogP contribution is -2.44. The summed E-state index contributed by atoms with van der Waals surface area (Å²) in [6.07, 6.45) is 1.88. The van der Waals surface area contributed by atoms with Gasteiger partial charge in [-0.3, -0.25) is 4.79 Å². The number of carbonyl (C=O) groups excluding carboxylic acids is 1. The largest absolute Gasteiger partial charge is 0.383 e. The van der Waals surface area contributed by atoms with Crippen LogP contribution in [0.25, 0.3) is 5.65 Å². The summed E-state index contributed by atoms with van der Waals surface area (Å²) in [6, 6.07) is 3.85. The van der Waals surface area contributed by atoms with Gasteiger partial charge in [0.1, 0.15) is 5.82 Å². The van der Waals surface area contributed by atoms with Crippen LogP contribution in [0.15, 0.2) is 12.1 Å². The lowest BCUT2D eigenvalue weighted by Gasteiger charge is -2.32. The lowest BCUT2D eigenvalue weighted by atomic mass is 9.97. The summed E-state index contributed by atoms with van der Waals surface area (Å²) < 4.78 is 6.70. The topological polar surface area (TPSA) is 84.6 Å². The molecule has 0 unspecified atom stereocenters. The molecule has 1 aliphatic rings. The number of carbonyl (C=O) groups is 1. The zero-order chi connectivity index (χ0) is 16.2. The summed E-state index contributed by atoms with van der Waals surface area (Å²) in [5.41, 5.74) is 0.733. The number of hydrogen-bond donors (Lipinski definition) is 1. The number of fused-ring (bicyclic) bond motifs is 1. The fourth-order valence-electron chi connectivity index (χ4n) is 2.87. The summed E-state index contributed by atoms with van der Waals surface area (Å²) in [5.74, 6) is 1.69. The van der Waals surface area contributed by atoms with Crippen LogP contribution < -0.4 is 10.2 Å². The number of piperidine rings is 1. The first kappa shape index (κ1) is 15.7. The van der Waals surface area contributed by atoms with Gasteiger partial charge in [0.2, 0.25) is 5.91 Å². The number of amides is 1. The van der Waals surface area contributed by atoms with Gasteiger partial charge in [-0.25, -0.2) is 0 Å². The van der Waals surface area contributed by atoms with Crippen LogP contribution in [0.3, 0.4) is 0 Å². The highest BCUT2D eigenvalue weighted by molar-refractivity contribution is 5.79. The van der Waals surface area contributed by atoms with Crippen LogP contribution >= 0.6 is 0 Å². The fraction of sp³-hybridized carbons (Fsp3) is 0.600. The summed E-state index contributed by atoms with van der Waals surface area (Å²) in [4.78, 5) is 14.4. The van der Waals surface area contributed by atoms with Crippen molar-refractivity contribution in [2.75, 3.05) is 38.3 Å². The standard InChI is InChI=1S/C15H22N6O2/c1-11-17-18-13-5-6-14(19-21(11)13)20-8-3-4-12(10-20)15(22)16-7-9-23-2/h5-6,12H,3-4,7-10H2,1-2H3,(H,16,22)/t12-/m1/s1. The molecule has 8 heteroatoms. The van der Waals surface area contributed by atoms with Crippen molar-refractivity contribution >= 4 is 17.4 Å². The predicted molar refractivity (Wildman–Crippen MR) is 85.3 cm³/mol. The second kappa shape index (κ2) is 6.91. The molecule has 3 heterocycles. The second-order valence-corrected chi connectivity index (χ2v) is 5.78. The Bertz CT molecular complexity index is 686. The highest BCUT2D eigenvalue weighted by atomic mass is 16.5. The molecule has 1 atom stereocenters. The SMILES string of the molecule is COCCNC(=O)[C@@H]1CCCN(c2ccc3nnc(C)n3n2)C1. The number of nitrogens with one attached hydrogen (secondary N) is 1. The van der Waals surface area contributed by atoms with Gasteiger partial charge in [-0.1, -0.05) is 0 Å². The molecule has 2 aromatic heterocycles. The van der Waals surface area contributed by atoms with E-state index in [2.05, 4.69) is 25.5 Å². The molecule has 0 radical (unpaired) electrons. The summed E-state index contributed by atoms with van der Waals surface area (Å²) in [7, 11) is 1.63. The lowest BCUT2D eigenvalue weighted by molar-refractivity contribution is -0.125. The van der Waals surface area contributed by atoms with Crippen molar-refractivity contribution in [3.05, 3.63) is 18.0 Å². The third kappa shape index (κ3) is 3.42. The molecule has 0 spiro atoms. The minimum atomic E-state index is -0.0138. The number of anilines is 1. The first-order valence-corrected chi connectivity index (χ1v) is 7.89. The highest BCUT2D eigenvalue weighted by Gasteiger charge is 2.26. The molecule has 0 aliphatic carbocycles. The maximum atomic E-state index is 12.2. The molecule has 8 nitrogen and oxygen atoms in total. The Morgan fingerprint density at radius 1 is 1.43 bits per heavy atom. The van der Waals surface area contributed by atoms with Crippen molar-refractivity contribution in [3.63, 3.8) is 0 Å². The molecule has 0 bridgehead atoms. The molecule has 1 N–H and O–H groups in total. The molecule has 2 aromatic rings. The molecular weight excluding hydrogens is 296 g/mol. The third-order valence-corrected chi connectivity index (χ3v) is 4.13. The molecule has 23 heavy (non-hydrogen) atoms. The zero-order valence-corrected chi connectivity index (χ0v) is 13.5. The van der Waals surface area contributed by atoms with E-state index in [0.29, 0.717) is 19.7 Å². The van der Waals surface area contributed by atoms with E-state index in [1.54, 1.807) is 11.6 Å². The van der Waals surface area contributed by atoms with Crippen molar-refractivity contribution < 1.29 is 9.53 Å². The third-order valence-electron chi connectivity index (χ3n) is 4.13. The van der Waals surface area contributed by atoms with Crippen LogP contribution in [-0.2, 0) is 9.53 Å². The minimum absolute atomic E-state index is 0.0138. The molecule has 124 valence electrons. The number of hydrogen-bond acceptors (Lipinski definition) is 6. The highest BCUT2D eigenvalue weighted by Crippen LogP contribution is 2.22. The average Bonchev–Trinajstić information content (AvgIpc) is 2.96. The van der Waals surface area contributed by atoms with E-state index in [1.807, 2.05) is 19.1 Å². The van der Waals surface area contributed by atoms with E-state index in [9.17, 15) is 4.79 Å². The Morgan fingerprint density at radius 3 is 3.13 bits per heavy atom. The Balaban J connectivity index is 1.69. The van der Waals surface area contributed by atoms with E-state index in [-0.39, 0.29) is 11.8 Å². The Morgan fingerprint density at radius 2 is 2.30 bits per heavy atom. The minimum Gasteiger partial charge on any atom is -0.383 e. The smallest absolute Gasteiger partial charge is 0.224 e. The molecule has 1 saturated heterocycles. The maximum Gasteiger partial charge on any atom is 0.224 e. The van der Waals surface area contributed by atoms with Crippen molar-refractivity contribution in [2.24, 2.45) is 5.92 Å². The molecule has 0 aromatic carbocycles. The molecule has 1 fully saturated rings. The summed E-state index contributed by atoms with van der Waals surface area (Å²) >= 11 is 0. The summed E-state index contributed by atoms with van der Waals surface area (Å²) in [6.45, 7) is 4.54. The molecule has 1 aliphatic heterocycles. The van der Waals surface area contributed by atoms with E-state index >= 15 is 0 Å². The average molecular weight is 318 g/mol. The van der Waals surface area contributed by atoms with Crippen LogP contribution in [0.5, 0.6) is 0 Å². The zero-order valence-electron chi connectivity index (χ0n) is 13.5. The molecule has 3 rings (SSSR count). The number of methoxy groups -OCH3 is 1. The van der Waals surface area contributed by atoms with Gasteiger partial charge < -0.3 is 15.0 Å². The fourth-order valence-corrected chi connectivity index (χ4v) is 2.87. The van der Waals surface area contributed by atoms with Crippen LogP contribution in [-0.4, -0.2) is 59.1 Å². The van der Waals surface area contributed by atoms with Gasteiger partial charge in [-0.2, -0.15) is 4.52 Å². The van der Waals surface area contributed by atoms with Crippen LogP contribution in [0.4, 0.5) is 5.82 Å².